The van der Waals surface area contributed by atoms with Crippen molar-refractivity contribution in [1.82, 2.24) is 9.88 Å². The van der Waals surface area contributed by atoms with E-state index >= 15 is 0 Å². The van der Waals surface area contributed by atoms with Crippen molar-refractivity contribution < 1.29 is 0 Å². The van der Waals surface area contributed by atoms with Gasteiger partial charge in [-0.05, 0) is 51.8 Å². The zero-order chi connectivity index (χ0) is 11.7. The third-order valence-corrected chi connectivity index (χ3v) is 3.46. The van der Waals surface area contributed by atoms with E-state index in [0.29, 0.717) is 17.9 Å². The zero-order valence-electron chi connectivity index (χ0n) is 10.4. The molecule has 1 aromatic heterocycles. The number of nitrogen functional groups attached to an aromatic ring is 1. The maximum absolute atomic E-state index is 5.70. The minimum Gasteiger partial charge on any atom is -0.384 e. The maximum atomic E-state index is 5.70. The molecule has 0 aromatic carbocycles. The van der Waals surface area contributed by atoms with Crippen LogP contribution in [0.1, 0.15) is 44.0 Å². The van der Waals surface area contributed by atoms with Crippen LogP contribution in [0.5, 0.6) is 0 Å². The largest absolute Gasteiger partial charge is 0.384 e. The lowest BCUT2D eigenvalue weighted by Gasteiger charge is -2.29. The highest BCUT2D eigenvalue weighted by atomic mass is 15.2. The van der Waals surface area contributed by atoms with Gasteiger partial charge in [0, 0.05) is 17.8 Å². The number of rotatable bonds is 2. The van der Waals surface area contributed by atoms with Gasteiger partial charge in [-0.3, -0.25) is 4.90 Å². The third kappa shape index (κ3) is 2.05. The van der Waals surface area contributed by atoms with E-state index in [1.54, 1.807) is 0 Å². The Morgan fingerprint density at radius 3 is 2.81 bits per heavy atom. The number of nitrogens with two attached hydrogens (primary N) is 1. The van der Waals surface area contributed by atoms with Crippen LogP contribution in [0, 0.1) is 6.92 Å². The predicted molar refractivity (Wildman–Crippen MR) is 67.2 cm³/mol. The Kier molecular flexibility index (Phi) is 3.15. The van der Waals surface area contributed by atoms with E-state index in [1.807, 2.05) is 6.07 Å². The molecule has 2 heterocycles. The van der Waals surface area contributed by atoms with Gasteiger partial charge in [0.25, 0.3) is 0 Å². The first-order valence-electron chi connectivity index (χ1n) is 6.08. The molecule has 3 heteroatoms. The fourth-order valence-electron chi connectivity index (χ4n) is 2.68. The Hall–Kier alpha value is -1.09. The third-order valence-electron chi connectivity index (χ3n) is 3.46. The number of likely N-dealkylation sites (tertiary alicyclic amines) is 1. The van der Waals surface area contributed by atoms with Gasteiger partial charge < -0.3 is 5.73 Å². The molecule has 0 saturated carbocycles. The summed E-state index contributed by atoms with van der Waals surface area (Å²) in [5, 5.41) is 0. The van der Waals surface area contributed by atoms with Crippen LogP contribution in [0.15, 0.2) is 12.1 Å². The number of hydrogen-bond acceptors (Lipinski definition) is 3. The number of anilines is 1. The maximum Gasteiger partial charge on any atom is 0.123 e. The minimum absolute atomic E-state index is 0.535. The van der Waals surface area contributed by atoms with Crippen molar-refractivity contribution in [2.75, 3.05) is 12.3 Å². The molecule has 1 aromatic rings. The number of aryl methyl sites for hydroxylation is 1. The second-order valence-electron chi connectivity index (χ2n) is 4.90. The summed E-state index contributed by atoms with van der Waals surface area (Å²) < 4.78 is 0. The molecule has 88 valence electrons. The molecular formula is C13H21N3. The fraction of sp³-hybridized carbons (Fsp3) is 0.615. The average molecular weight is 219 g/mol. The summed E-state index contributed by atoms with van der Waals surface area (Å²) in [5.41, 5.74) is 8.12. The lowest BCUT2D eigenvalue weighted by atomic mass is 10.0. The summed E-state index contributed by atoms with van der Waals surface area (Å²) in [5.74, 6) is 0.621. The van der Waals surface area contributed by atoms with Crippen LogP contribution in [0.2, 0.25) is 0 Å². The first kappa shape index (κ1) is 11.4. The lowest BCUT2D eigenvalue weighted by molar-refractivity contribution is 0.204. The second kappa shape index (κ2) is 4.42. The smallest absolute Gasteiger partial charge is 0.123 e. The Morgan fingerprint density at radius 2 is 2.19 bits per heavy atom. The molecule has 2 N–H and O–H groups in total. The van der Waals surface area contributed by atoms with E-state index < -0.39 is 0 Å². The Balaban J connectivity index is 2.29. The van der Waals surface area contributed by atoms with Crippen molar-refractivity contribution in [3.05, 3.63) is 23.4 Å². The highest BCUT2D eigenvalue weighted by Gasteiger charge is 2.28. The van der Waals surface area contributed by atoms with E-state index in [2.05, 4.69) is 36.7 Å². The van der Waals surface area contributed by atoms with Crippen LogP contribution in [-0.4, -0.2) is 22.5 Å². The van der Waals surface area contributed by atoms with Crippen LogP contribution in [0.3, 0.4) is 0 Å². The Labute approximate surface area is 97.7 Å². The molecule has 0 aliphatic carbocycles. The molecule has 1 aliphatic heterocycles. The van der Waals surface area contributed by atoms with E-state index in [0.717, 1.165) is 5.69 Å². The van der Waals surface area contributed by atoms with Gasteiger partial charge >= 0.3 is 0 Å². The van der Waals surface area contributed by atoms with Gasteiger partial charge in [-0.15, -0.1) is 0 Å². The first-order chi connectivity index (χ1) is 7.59. The lowest BCUT2D eigenvalue weighted by Crippen LogP contribution is -2.30. The second-order valence-corrected chi connectivity index (χ2v) is 4.90. The molecule has 0 spiro atoms. The topological polar surface area (TPSA) is 42.1 Å². The first-order valence-corrected chi connectivity index (χ1v) is 6.08. The summed E-state index contributed by atoms with van der Waals surface area (Å²) in [6.45, 7) is 7.78. The van der Waals surface area contributed by atoms with Crippen molar-refractivity contribution in [3.8, 4) is 0 Å². The summed E-state index contributed by atoms with van der Waals surface area (Å²) in [6.07, 6.45) is 2.53. The van der Waals surface area contributed by atoms with Crippen LogP contribution in [0.4, 0.5) is 5.82 Å². The number of aromatic nitrogens is 1. The summed E-state index contributed by atoms with van der Waals surface area (Å²) >= 11 is 0. The summed E-state index contributed by atoms with van der Waals surface area (Å²) in [6, 6.07) is 5.19. The Bertz CT molecular complexity index is 373. The van der Waals surface area contributed by atoms with Gasteiger partial charge in [-0.2, -0.15) is 0 Å². The van der Waals surface area contributed by atoms with Gasteiger partial charge in [0.1, 0.15) is 5.82 Å². The zero-order valence-corrected chi connectivity index (χ0v) is 10.4. The molecule has 0 radical (unpaired) electrons. The average Bonchev–Trinajstić information content (AvgIpc) is 2.66. The summed E-state index contributed by atoms with van der Waals surface area (Å²) in [4.78, 5) is 6.92. The van der Waals surface area contributed by atoms with Crippen molar-refractivity contribution in [3.63, 3.8) is 0 Å². The quantitative estimate of drug-likeness (QED) is 0.831. The molecule has 0 amide bonds. The van der Waals surface area contributed by atoms with E-state index in [1.165, 1.54) is 24.9 Å². The summed E-state index contributed by atoms with van der Waals surface area (Å²) in [7, 11) is 0. The molecule has 0 bridgehead atoms. The van der Waals surface area contributed by atoms with E-state index in [9.17, 15) is 0 Å². The molecule has 1 aliphatic rings. The molecule has 16 heavy (non-hydrogen) atoms. The van der Waals surface area contributed by atoms with Crippen molar-refractivity contribution >= 4 is 5.82 Å². The molecule has 1 atom stereocenters. The van der Waals surface area contributed by atoms with Gasteiger partial charge in [0.05, 0.1) is 0 Å². The number of pyridine rings is 1. The fourth-order valence-corrected chi connectivity index (χ4v) is 2.68. The minimum atomic E-state index is 0.535. The van der Waals surface area contributed by atoms with E-state index in [-0.39, 0.29) is 0 Å². The van der Waals surface area contributed by atoms with Crippen LogP contribution >= 0.6 is 0 Å². The molecule has 1 saturated heterocycles. The molecule has 3 nitrogen and oxygen atoms in total. The monoisotopic (exact) mass is 219 g/mol. The predicted octanol–water partition coefficient (Wildman–Crippen LogP) is 2.52. The molecule has 1 fully saturated rings. The van der Waals surface area contributed by atoms with Crippen molar-refractivity contribution in [2.45, 2.75) is 45.7 Å². The van der Waals surface area contributed by atoms with Crippen LogP contribution < -0.4 is 5.73 Å². The Morgan fingerprint density at radius 1 is 1.44 bits per heavy atom. The van der Waals surface area contributed by atoms with E-state index in [4.69, 9.17) is 5.73 Å². The van der Waals surface area contributed by atoms with Crippen LogP contribution in [-0.2, 0) is 0 Å². The van der Waals surface area contributed by atoms with Crippen molar-refractivity contribution in [2.24, 2.45) is 0 Å². The highest BCUT2D eigenvalue weighted by molar-refractivity contribution is 5.35. The van der Waals surface area contributed by atoms with Gasteiger partial charge in [0.2, 0.25) is 0 Å². The van der Waals surface area contributed by atoms with Gasteiger partial charge in [-0.1, -0.05) is 6.07 Å². The highest BCUT2D eigenvalue weighted by Crippen LogP contribution is 2.34. The molecular weight excluding hydrogens is 198 g/mol. The number of nitrogens with zero attached hydrogens (tertiary/aromatic N) is 2. The van der Waals surface area contributed by atoms with Gasteiger partial charge in [-0.25, -0.2) is 4.98 Å². The van der Waals surface area contributed by atoms with Gasteiger partial charge in [0.15, 0.2) is 0 Å². The standard InChI is InChI=1S/C13H21N3/c1-9(2)16-8-4-5-12(16)11-6-7-13(14)15-10(11)3/h6-7,9,12H,4-5,8H2,1-3H3,(H2,14,15)/t12-/m1/s1. The number of hydrogen-bond donors (Lipinski definition) is 1. The SMILES string of the molecule is Cc1nc(N)ccc1[C@H]1CCCN1C(C)C. The molecule has 0 unspecified atom stereocenters. The van der Waals surface area contributed by atoms with Crippen LogP contribution in [0.25, 0.3) is 0 Å². The molecule has 2 rings (SSSR count). The normalized spacial score (nSPS) is 21.9. The van der Waals surface area contributed by atoms with Crippen molar-refractivity contribution in [1.29, 1.82) is 0 Å².